The second-order valence-corrected chi connectivity index (χ2v) is 5.01. The summed E-state index contributed by atoms with van der Waals surface area (Å²) in [5, 5.41) is 5.26. The third-order valence-corrected chi connectivity index (χ3v) is 3.77. The summed E-state index contributed by atoms with van der Waals surface area (Å²) in [7, 11) is 0. The van der Waals surface area contributed by atoms with Crippen LogP contribution in [-0.4, -0.2) is 16.1 Å². The van der Waals surface area contributed by atoms with Crippen LogP contribution >= 0.6 is 23.2 Å². The molecule has 1 aromatic carbocycles. The van der Waals surface area contributed by atoms with E-state index in [0.717, 1.165) is 11.4 Å². The fourth-order valence-electron chi connectivity index (χ4n) is 1.91. The van der Waals surface area contributed by atoms with Crippen LogP contribution in [0.3, 0.4) is 0 Å². The fourth-order valence-corrected chi connectivity index (χ4v) is 2.31. The zero-order valence-corrected chi connectivity index (χ0v) is 12.7. The fraction of sp³-hybridized carbons (Fsp3) is 0.286. The number of nitrogens with zero attached hydrogens (tertiary/aromatic N) is 2. The lowest BCUT2D eigenvalue weighted by molar-refractivity contribution is 0.111. The van der Waals surface area contributed by atoms with Crippen molar-refractivity contribution in [2.24, 2.45) is 0 Å². The maximum absolute atomic E-state index is 11.0. The molecule has 0 N–H and O–H groups in total. The van der Waals surface area contributed by atoms with Gasteiger partial charge >= 0.3 is 0 Å². The molecule has 0 amide bonds. The van der Waals surface area contributed by atoms with Gasteiger partial charge in [0.1, 0.15) is 12.4 Å². The van der Waals surface area contributed by atoms with E-state index in [0.29, 0.717) is 34.2 Å². The Labute approximate surface area is 127 Å². The van der Waals surface area contributed by atoms with Crippen LogP contribution in [-0.2, 0) is 13.2 Å². The lowest BCUT2D eigenvalue weighted by Gasteiger charge is -2.10. The molecule has 0 saturated heterocycles. The first kappa shape index (κ1) is 14.9. The maximum Gasteiger partial charge on any atom is 0.155 e. The van der Waals surface area contributed by atoms with Crippen molar-refractivity contribution in [2.75, 3.05) is 0 Å². The quantitative estimate of drug-likeness (QED) is 0.786. The second kappa shape index (κ2) is 6.29. The van der Waals surface area contributed by atoms with Gasteiger partial charge in [-0.15, -0.1) is 0 Å². The van der Waals surface area contributed by atoms with E-state index in [1.807, 2.05) is 13.8 Å². The van der Waals surface area contributed by atoms with Gasteiger partial charge in [0.2, 0.25) is 0 Å². The topological polar surface area (TPSA) is 44.1 Å². The maximum atomic E-state index is 11.0. The summed E-state index contributed by atoms with van der Waals surface area (Å²) in [5.41, 5.74) is 1.88. The van der Waals surface area contributed by atoms with Crippen LogP contribution in [0.2, 0.25) is 10.0 Å². The van der Waals surface area contributed by atoms with Gasteiger partial charge in [0.05, 0.1) is 27.0 Å². The van der Waals surface area contributed by atoms with Gasteiger partial charge in [-0.25, -0.2) is 0 Å². The summed E-state index contributed by atoms with van der Waals surface area (Å²) in [6.07, 6.45) is 0.682. The van der Waals surface area contributed by atoms with E-state index < -0.39 is 0 Å². The van der Waals surface area contributed by atoms with Crippen LogP contribution in [0.15, 0.2) is 18.2 Å². The summed E-state index contributed by atoms with van der Waals surface area (Å²) >= 11 is 12.2. The number of carbonyl (C=O) groups excluding carboxylic acids is 1. The lowest BCUT2D eigenvalue weighted by atomic mass is 10.2. The highest BCUT2D eigenvalue weighted by molar-refractivity contribution is 6.33. The Balaban J connectivity index is 2.25. The lowest BCUT2D eigenvalue weighted by Crippen LogP contribution is -2.07. The van der Waals surface area contributed by atoms with Crippen molar-refractivity contribution < 1.29 is 9.53 Å². The Morgan fingerprint density at radius 2 is 2.15 bits per heavy atom. The number of benzene rings is 1. The van der Waals surface area contributed by atoms with Gasteiger partial charge in [-0.3, -0.25) is 9.48 Å². The third-order valence-electron chi connectivity index (χ3n) is 2.95. The van der Waals surface area contributed by atoms with Gasteiger partial charge in [-0.1, -0.05) is 29.3 Å². The number of ether oxygens (including phenoxy) is 1. The Hall–Kier alpha value is -1.52. The molecule has 0 atom stereocenters. The van der Waals surface area contributed by atoms with E-state index in [-0.39, 0.29) is 6.61 Å². The molecule has 0 aliphatic carbocycles. The number of halogens is 2. The SMILES string of the molecule is CCn1nc(C)c(Cl)c1COc1cccc(Cl)c1C=O. The van der Waals surface area contributed by atoms with Crippen molar-refractivity contribution in [3.8, 4) is 5.75 Å². The molecule has 4 nitrogen and oxygen atoms in total. The monoisotopic (exact) mass is 312 g/mol. The normalized spacial score (nSPS) is 10.6. The van der Waals surface area contributed by atoms with Crippen molar-refractivity contribution in [1.29, 1.82) is 0 Å². The highest BCUT2D eigenvalue weighted by atomic mass is 35.5. The number of rotatable bonds is 5. The Kier molecular flexibility index (Phi) is 4.68. The molecule has 6 heteroatoms. The average molecular weight is 313 g/mol. The molecule has 0 spiro atoms. The molecule has 1 heterocycles. The van der Waals surface area contributed by atoms with Crippen molar-refractivity contribution in [2.45, 2.75) is 27.0 Å². The van der Waals surface area contributed by atoms with Crippen molar-refractivity contribution in [3.05, 3.63) is 45.2 Å². The van der Waals surface area contributed by atoms with E-state index in [9.17, 15) is 4.79 Å². The standard InChI is InChI=1S/C14H14Cl2N2O2/c1-3-18-12(14(16)9(2)17-18)8-20-13-6-4-5-11(15)10(13)7-19/h4-7H,3,8H2,1-2H3. The number of aldehydes is 1. The zero-order chi connectivity index (χ0) is 14.7. The molecule has 0 saturated carbocycles. The van der Waals surface area contributed by atoms with E-state index in [1.54, 1.807) is 22.9 Å². The molecule has 1 aromatic heterocycles. The Morgan fingerprint density at radius 1 is 1.40 bits per heavy atom. The highest BCUT2D eigenvalue weighted by Crippen LogP contribution is 2.27. The van der Waals surface area contributed by atoms with Gasteiger partial charge in [-0.05, 0) is 26.0 Å². The molecule has 0 aliphatic heterocycles. The van der Waals surface area contributed by atoms with Crippen LogP contribution < -0.4 is 4.74 Å². The highest BCUT2D eigenvalue weighted by Gasteiger charge is 2.14. The van der Waals surface area contributed by atoms with Crippen molar-refractivity contribution in [1.82, 2.24) is 9.78 Å². The molecular weight excluding hydrogens is 299 g/mol. The molecule has 20 heavy (non-hydrogen) atoms. The summed E-state index contributed by atoms with van der Waals surface area (Å²) in [5.74, 6) is 0.435. The summed E-state index contributed by atoms with van der Waals surface area (Å²) in [4.78, 5) is 11.0. The van der Waals surface area contributed by atoms with Crippen molar-refractivity contribution >= 4 is 29.5 Å². The second-order valence-electron chi connectivity index (χ2n) is 4.22. The molecule has 106 valence electrons. The molecule has 0 unspecified atom stereocenters. The van der Waals surface area contributed by atoms with Gasteiger partial charge in [0.15, 0.2) is 6.29 Å². The first-order valence-electron chi connectivity index (χ1n) is 6.16. The van der Waals surface area contributed by atoms with Gasteiger partial charge in [0, 0.05) is 6.54 Å². The number of aryl methyl sites for hydroxylation is 2. The van der Waals surface area contributed by atoms with E-state index in [1.165, 1.54) is 0 Å². The minimum Gasteiger partial charge on any atom is -0.486 e. The predicted octanol–water partition coefficient (Wildman–Crippen LogP) is 3.91. The summed E-state index contributed by atoms with van der Waals surface area (Å²) in [6, 6.07) is 5.07. The number of hydrogen-bond acceptors (Lipinski definition) is 3. The van der Waals surface area contributed by atoms with Crippen LogP contribution in [0, 0.1) is 6.92 Å². The molecule has 2 aromatic rings. The smallest absolute Gasteiger partial charge is 0.155 e. The minimum atomic E-state index is 0.231. The number of carbonyl (C=O) groups is 1. The molecule has 0 aliphatic rings. The summed E-state index contributed by atoms with van der Waals surface area (Å²) in [6.45, 7) is 4.74. The van der Waals surface area contributed by atoms with Crippen LogP contribution in [0.4, 0.5) is 0 Å². The first-order valence-corrected chi connectivity index (χ1v) is 6.92. The Morgan fingerprint density at radius 3 is 2.80 bits per heavy atom. The van der Waals surface area contributed by atoms with Gasteiger partial charge in [0.25, 0.3) is 0 Å². The molecule has 0 bridgehead atoms. The van der Waals surface area contributed by atoms with Gasteiger partial charge < -0.3 is 4.74 Å². The molecule has 0 fully saturated rings. The van der Waals surface area contributed by atoms with E-state index in [2.05, 4.69) is 5.10 Å². The molecule has 2 rings (SSSR count). The number of hydrogen-bond donors (Lipinski definition) is 0. The third kappa shape index (κ3) is 2.81. The van der Waals surface area contributed by atoms with Crippen molar-refractivity contribution in [3.63, 3.8) is 0 Å². The molecular formula is C14H14Cl2N2O2. The predicted molar refractivity (Wildman–Crippen MR) is 78.8 cm³/mol. The van der Waals surface area contributed by atoms with Gasteiger partial charge in [-0.2, -0.15) is 5.10 Å². The zero-order valence-electron chi connectivity index (χ0n) is 11.2. The Bertz CT molecular complexity index is 638. The minimum absolute atomic E-state index is 0.231. The summed E-state index contributed by atoms with van der Waals surface area (Å²) < 4.78 is 7.45. The van der Waals surface area contributed by atoms with E-state index >= 15 is 0 Å². The first-order chi connectivity index (χ1) is 9.58. The number of aromatic nitrogens is 2. The van der Waals surface area contributed by atoms with Crippen LogP contribution in [0.1, 0.15) is 28.7 Å². The van der Waals surface area contributed by atoms with Crippen LogP contribution in [0.25, 0.3) is 0 Å². The molecule has 0 radical (unpaired) electrons. The van der Waals surface area contributed by atoms with Crippen LogP contribution in [0.5, 0.6) is 5.75 Å². The average Bonchev–Trinajstić information content (AvgIpc) is 2.72. The van der Waals surface area contributed by atoms with E-state index in [4.69, 9.17) is 27.9 Å². The largest absolute Gasteiger partial charge is 0.486 e.